The number of nitrogens with zero attached hydrogens (tertiary/aromatic N) is 3. The van der Waals surface area contributed by atoms with Gasteiger partial charge in [-0.25, -0.2) is 0 Å². The number of amides is 1. The van der Waals surface area contributed by atoms with Crippen molar-refractivity contribution in [3.8, 4) is 0 Å². The van der Waals surface area contributed by atoms with Gasteiger partial charge in [-0.2, -0.15) is 4.98 Å². The van der Waals surface area contributed by atoms with Gasteiger partial charge in [0.15, 0.2) is 5.82 Å². The van der Waals surface area contributed by atoms with Gasteiger partial charge in [0, 0.05) is 19.5 Å². The summed E-state index contributed by atoms with van der Waals surface area (Å²) < 4.78 is 5.16. The maximum atomic E-state index is 12.6. The number of hydrogen-bond donors (Lipinski definition) is 2. The van der Waals surface area contributed by atoms with Gasteiger partial charge in [-0.3, -0.25) is 9.69 Å². The number of carbonyl (C=O) groups is 1. The van der Waals surface area contributed by atoms with E-state index in [4.69, 9.17) is 4.52 Å². The minimum Gasteiger partial charge on any atom is -0.369 e. The molecule has 2 aliphatic heterocycles. The van der Waals surface area contributed by atoms with E-state index >= 15 is 0 Å². The fraction of sp³-hybridized carbons (Fsp3) is 0.471. The van der Waals surface area contributed by atoms with Gasteiger partial charge in [0.2, 0.25) is 11.8 Å². The second kappa shape index (κ2) is 5.90. The van der Waals surface area contributed by atoms with Gasteiger partial charge in [0.25, 0.3) is 0 Å². The molecule has 0 unspecified atom stereocenters. The molecule has 0 radical (unpaired) electrons. The topological polar surface area (TPSA) is 83.3 Å². The third-order valence-corrected chi connectivity index (χ3v) is 4.87. The van der Waals surface area contributed by atoms with Crippen LogP contribution in [-0.4, -0.2) is 39.6 Å². The van der Waals surface area contributed by atoms with Crippen LogP contribution >= 0.6 is 0 Å². The van der Waals surface area contributed by atoms with Crippen LogP contribution in [0.15, 0.2) is 28.8 Å². The summed E-state index contributed by atoms with van der Waals surface area (Å²) >= 11 is 0. The van der Waals surface area contributed by atoms with Crippen LogP contribution < -0.4 is 10.6 Å². The largest absolute Gasteiger partial charge is 0.369 e. The second-order valence-corrected chi connectivity index (χ2v) is 6.44. The summed E-state index contributed by atoms with van der Waals surface area (Å²) in [5.41, 5.74) is 1.34. The highest BCUT2D eigenvalue weighted by molar-refractivity contribution is 6.06. The van der Waals surface area contributed by atoms with Crippen molar-refractivity contribution in [3.63, 3.8) is 0 Å². The molecule has 1 aromatic carbocycles. The van der Waals surface area contributed by atoms with Gasteiger partial charge >= 0.3 is 0 Å². The quantitative estimate of drug-likeness (QED) is 0.897. The average Bonchev–Trinajstić information content (AvgIpc) is 3.06. The molecule has 0 saturated carbocycles. The van der Waals surface area contributed by atoms with Gasteiger partial charge < -0.3 is 15.2 Å². The van der Waals surface area contributed by atoms with Crippen molar-refractivity contribution < 1.29 is 9.32 Å². The number of fused-ring (bicyclic) bond motifs is 1. The molecule has 1 fully saturated rings. The first-order valence-electron chi connectivity index (χ1n) is 8.41. The average molecular weight is 327 g/mol. The molecule has 0 atom stereocenters. The molecule has 0 aliphatic carbocycles. The van der Waals surface area contributed by atoms with Gasteiger partial charge in [0.1, 0.15) is 5.54 Å². The minimum absolute atomic E-state index is 0.0636. The highest BCUT2D eigenvalue weighted by atomic mass is 16.5. The summed E-state index contributed by atoms with van der Waals surface area (Å²) in [6.07, 6.45) is 2.26. The standard InChI is InChI=1S/C17H21N5O2/c1-2-15-19-14(21-24-15)11-22-9-7-17(8-10-22)16(23)18-12-5-3-4-6-13(12)20-17/h3-6,20H,2,7-11H2,1H3,(H,18,23). The number of nitrogens with one attached hydrogen (secondary N) is 2. The Balaban J connectivity index is 1.43. The Kier molecular flexibility index (Phi) is 3.72. The first-order chi connectivity index (χ1) is 11.7. The number of para-hydroxylation sites is 2. The van der Waals surface area contributed by atoms with Crippen molar-refractivity contribution in [2.45, 2.75) is 38.3 Å². The smallest absolute Gasteiger partial charge is 0.250 e. The van der Waals surface area contributed by atoms with Gasteiger partial charge in [-0.15, -0.1) is 0 Å². The molecule has 1 amide bonds. The monoisotopic (exact) mass is 327 g/mol. The zero-order valence-electron chi connectivity index (χ0n) is 13.7. The summed E-state index contributed by atoms with van der Waals surface area (Å²) in [6, 6.07) is 7.84. The molecule has 1 spiro atoms. The lowest BCUT2D eigenvalue weighted by atomic mass is 9.84. The van der Waals surface area contributed by atoms with Crippen molar-refractivity contribution >= 4 is 17.3 Å². The van der Waals surface area contributed by atoms with E-state index in [-0.39, 0.29) is 5.91 Å². The number of rotatable bonds is 3. The third-order valence-electron chi connectivity index (χ3n) is 4.87. The minimum atomic E-state index is -0.517. The Labute approximate surface area is 140 Å². The molecule has 3 heterocycles. The Morgan fingerprint density at radius 3 is 2.71 bits per heavy atom. The lowest BCUT2D eigenvalue weighted by Gasteiger charge is -2.44. The lowest BCUT2D eigenvalue weighted by Crippen LogP contribution is -2.58. The summed E-state index contributed by atoms with van der Waals surface area (Å²) in [7, 11) is 0. The number of aromatic nitrogens is 2. The Bertz CT molecular complexity index is 749. The molecule has 4 rings (SSSR count). The molecule has 2 N–H and O–H groups in total. The highest BCUT2D eigenvalue weighted by Gasteiger charge is 2.44. The van der Waals surface area contributed by atoms with E-state index < -0.39 is 5.54 Å². The van der Waals surface area contributed by atoms with E-state index in [1.54, 1.807) is 0 Å². The van der Waals surface area contributed by atoms with Crippen molar-refractivity contribution in [1.82, 2.24) is 15.0 Å². The summed E-state index contributed by atoms with van der Waals surface area (Å²) in [6.45, 7) is 4.29. The van der Waals surface area contributed by atoms with Gasteiger partial charge in [-0.05, 0) is 25.0 Å². The normalized spacial score (nSPS) is 19.6. The van der Waals surface area contributed by atoms with Crippen LogP contribution in [0.5, 0.6) is 0 Å². The van der Waals surface area contributed by atoms with Crippen molar-refractivity contribution in [2.24, 2.45) is 0 Å². The summed E-state index contributed by atoms with van der Waals surface area (Å²) in [5.74, 6) is 1.45. The van der Waals surface area contributed by atoms with Crippen LogP contribution in [0, 0.1) is 0 Å². The Morgan fingerprint density at radius 2 is 2.00 bits per heavy atom. The zero-order chi connectivity index (χ0) is 16.6. The number of carbonyl (C=O) groups excluding carboxylic acids is 1. The molecule has 24 heavy (non-hydrogen) atoms. The van der Waals surface area contributed by atoms with E-state index in [0.717, 1.165) is 43.7 Å². The van der Waals surface area contributed by atoms with E-state index in [2.05, 4.69) is 25.7 Å². The van der Waals surface area contributed by atoms with Crippen LogP contribution in [0.2, 0.25) is 0 Å². The van der Waals surface area contributed by atoms with Crippen molar-refractivity contribution in [1.29, 1.82) is 0 Å². The van der Waals surface area contributed by atoms with E-state index in [0.29, 0.717) is 18.3 Å². The predicted molar refractivity (Wildman–Crippen MR) is 89.6 cm³/mol. The van der Waals surface area contributed by atoms with E-state index in [1.165, 1.54) is 0 Å². The molecule has 126 valence electrons. The molecular weight excluding hydrogens is 306 g/mol. The number of piperidine rings is 1. The Hall–Kier alpha value is -2.41. The number of aryl methyl sites for hydroxylation is 1. The molecule has 7 nitrogen and oxygen atoms in total. The van der Waals surface area contributed by atoms with Crippen LogP contribution in [-0.2, 0) is 17.8 Å². The number of anilines is 2. The molecule has 7 heteroatoms. The molecule has 1 saturated heterocycles. The van der Waals surface area contributed by atoms with Crippen molar-refractivity contribution in [2.75, 3.05) is 23.7 Å². The fourth-order valence-electron chi connectivity index (χ4n) is 3.40. The van der Waals surface area contributed by atoms with Gasteiger partial charge in [0.05, 0.1) is 17.9 Å². The third kappa shape index (κ3) is 2.65. The molecule has 2 aliphatic rings. The van der Waals surface area contributed by atoms with Crippen LogP contribution in [0.3, 0.4) is 0 Å². The molecule has 1 aromatic heterocycles. The Morgan fingerprint density at radius 1 is 1.25 bits per heavy atom. The van der Waals surface area contributed by atoms with E-state index in [1.807, 2.05) is 31.2 Å². The number of likely N-dealkylation sites (tertiary alicyclic amines) is 1. The highest BCUT2D eigenvalue weighted by Crippen LogP contribution is 2.36. The number of benzene rings is 1. The second-order valence-electron chi connectivity index (χ2n) is 6.44. The maximum absolute atomic E-state index is 12.6. The van der Waals surface area contributed by atoms with Gasteiger partial charge in [-0.1, -0.05) is 24.2 Å². The molecule has 0 bridgehead atoms. The predicted octanol–water partition coefficient (Wildman–Crippen LogP) is 2.03. The fourth-order valence-corrected chi connectivity index (χ4v) is 3.40. The molecule has 2 aromatic rings. The first kappa shape index (κ1) is 15.1. The number of hydrogen-bond acceptors (Lipinski definition) is 6. The maximum Gasteiger partial charge on any atom is 0.250 e. The first-order valence-corrected chi connectivity index (χ1v) is 8.41. The van der Waals surface area contributed by atoms with Crippen molar-refractivity contribution in [3.05, 3.63) is 36.0 Å². The lowest BCUT2D eigenvalue weighted by molar-refractivity contribution is -0.122. The van der Waals surface area contributed by atoms with Crippen LogP contribution in [0.25, 0.3) is 0 Å². The summed E-state index contributed by atoms with van der Waals surface area (Å²) in [5, 5.41) is 10.5. The zero-order valence-corrected chi connectivity index (χ0v) is 13.7. The van der Waals surface area contributed by atoms with Crippen LogP contribution in [0.1, 0.15) is 31.5 Å². The summed E-state index contributed by atoms with van der Waals surface area (Å²) in [4.78, 5) is 19.2. The van der Waals surface area contributed by atoms with E-state index in [9.17, 15) is 4.79 Å². The SMILES string of the molecule is CCc1nc(CN2CCC3(CC2)Nc2ccccc2NC3=O)no1. The van der Waals surface area contributed by atoms with Crippen LogP contribution in [0.4, 0.5) is 11.4 Å². The molecular formula is C17H21N5O2.